The molecule has 0 saturated carbocycles. The molecule has 1 aliphatic heterocycles. The van der Waals surface area contributed by atoms with Crippen molar-refractivity contribution in [3.63, 3.8) is 0 Å². The number of ketones is 1. The average molecular weight is 412 g/mol. The lowest BCUT2D eigenvalue weighted by molar-refractivity contribution is 0.0332. The fourth-order valence-corrected chi connectivity index (χ4v) is 4.37. The highest BCUT2D eigenvalue weighted by molar-refractivity contribution is 6.22. The van der Waals surface area contributed by atoms with Crippen molar-refractivity contribution < 1.29 is 14.3 Å². The Morgan fingerprint density at radius 2 is 1.55 bits per heavy atom. The van der Waals surface area contributed by atoms with Crippen LogP contribution in [0.1, 0.15) is 37.9 Å². The average Bonchev–Trinajstić information content (AvgIpc) is 3.11. The summed E-state index contributed by atoms with van der Waals surface area (Å²) >= 11 is 0. The number of amides is 1. The first-order valence-electron chi connectivity index (χ1n) is 10.6. The molecule has 0 radical (unpaired) electrons. The van der Waals surface area contributed by atoms with Crippen molar-refractivity contribution in [2.45, 2.75) is 6.04 Å². The van der Waals surface area contributed by atoms with E-state index in [4.69, 9.17) is 4.74 Å². The highest BCUT2D eigenvalue weighted by Gasteiger charge is 2.28. The number of hydrogen-bond acceptors (Lipinski definition) is 4. The van der Waals surface area contributed by atoms with Crippen LogP contribution >= 0.6 is 0 Å². The Balaban J connectivity index is 1.39. The van der Waals surface area contributed by atoms with E-state index in [0.717, 1.165) is 29.8 Å². The highest BCUT2D eigenvalue weighted by atomic mass is 16.5. The van der Waals surface area contributed by atoms with Crippen LogP contribution in [-0.2, 0) is 4.74 Å². The number of nitrogens with zero attached hydrogens (tertiary/aromatic N) is 1. The summed E-state index contributed by atoms with van der Waals surface area (Å²) in [6.45, 7) is 3.84. The van der Waals surface area contributed by atoms with Crippen molar-refractivity contribution in [3.05, 3.63) is 95.1 Å². The molecule has 5 nitrogen and oxygen atoms in total. The van der Waals surface area contributed by atoms with Crippen LogP contribution in [0.15, 0.2) is 72.8 Å². The van der Waals surface area contributed by atoms with Gasteiger partial charge in [0.15, 0.2) is 5.78 Å². The summed E-state index contributed by atoms with van der Waals surface area (Å²) in [6.07, 6.45) is 0. The molecule has 3 aromatic rings. The summed E-state index contributed by atoms with van der Waals surface area (Å²) in [6, 6.07) is 22.9. The van der Waals surface area contributed by atoms with Crippen LogP contribution in [-0.4, -0.2) is 49.4 Å². The van der Waals surface area contributed by atoms with Gasteiger partial charge in [0.05, 0.1) is 19.3 Å². The van der Waals surface area contributed by atoms with Crippen LogP contribution in [0.5, 0.6) is 0 Å². The van der Waals surface area contributed by atoms with Crippen molar-refractivity contribution in [1.29, 1.82) is 0 Å². The molecule has 2 aliphatic rings. The predicted molar refractivity (Wildman–Crippen MR) is 119 cm³/mol. The number of fused-ring (bicyclic) bond motifs is 3. The van der Waals surface area contributed by atoms with Crippen molar-refractivity contribution in [2.75, 3.05) is 32.8 Å². The Hall–Kier alpha value is -3.28. The van der Waals surface area contributed by atoms with Gasteiger partial charge < -0.3 is 10.1 Å². The number of hydrogen-bond donors (Lipinski definition) is 1. The number of morpholine rings is 1. The summed E-state index contributed by atoms with van der Waals surface area (Å²) in [5, 5.41) is 3.19. The molecule has 1 saturated heterocycles. The third-order valence-corrected chi connectivity index (χ3v) is 6.04. The number of benzene rings is 3. The van der Waals surface area contributed by atoms with E-state index >= 15 is 0 Å². The Morgan fingerprint density at radius 1 is 0.871 bits per heavy atom. The number of carbonyl (C=O) groups excluding carboxylic acids is 2. The number of rotatable bonds is 5. The summed E-state index contributed by atoms with van der Waals surface area (Å²) < 4.78 is 5.46. The largest absolute Gasteiger partial charge is 0.379 e. The van der Waals surface area contributed by atoms with Gasteiger partial charge in [-0.05, 0) is 28.8 Å². The molecule has 1 fully saturated rings. The van der Waals surface area contributed by atoms with Gasteiger partial charge >= 0.3 is 0 Å². The van der Waals surface area contributed by atoms with Crippen LogP contribution in [0, 0.1) is 0 Å². The molecule has 5 rings (SSSR count). The number of nitrogens with one attached hydrogen (secondary N) is 1. The van der Waals surface area contributed by atoms with E-state index in [2.05, 4.69) is 10.2 Å². The monoisotopic (exact) mass is 412 g/mol. The normalized spacial score (nSPS) is 16.5. The predicted octanol–water partition coefficient (Wildman–Crippen LogP) is 3.70. The summed E-state index contributed by atoms with van der Waals surface area (Å²) in [7, 11) is 0. The maximum atomic E-state index is 13.2. The van der Waals surface area contributed by atoms with E-state index in [1.807, 2.05) is 60.7 Å². The van der Waals surface area contributed by atoms with Crippen molar-refractivity contribution in [2.24, 2.45) is 0 Å². The minimum atomic E-state index is -0.173. The van der Waals surface area contributed by atoms with Crippen LogP contribution in [0.25, 0.3) is 11.1 Å². The highest BCUT2D eigenvalue weighted by Crippen LogP contribution is 2.36. The van der Waals surface area contributed by atoms with E-state index in [0.29, 0.717) is 36.4 Å². The van der Waals surface area contributed by atoms with Gasteiger partial charge in [-0.1, -0.05) is 60.7 Å². The van der Waals surface area contributed by atoms with Crippen molar-refractivity contribution >= 4 is 11.7 Å². The van der Waals surface area contributed by atoms with Crippen molar-refractivity contribution in [3.8, 4) is 11.1 Å². The van der Waals surface area contributed by atoms with Crippen LogP contribution in [0.2, 0.25) is 0 Å². The summed E-state index contributed by atoms with van der Waals surface area (Å²) in [5.74, 6) is -0.193. The second kappa shape index (κ2) is 8.46. The second-order valence-corrected chi connectivity index (χ2v) is 7.98. The maximum absolute atomic E-state index is 13.2. The van der Waals surface area contributed by atoms with Crippen LogP contribution < -0.4 is 5.32 Å². The minimum Gasteiger partial charge on any atom is -0.379 e. The Bertz CT molecular complexity index is 1120. The first-order valence-corrected chi connectivity index (χ1v) is 10.6. The molecule has 31 heavy (non-hydrogen) atoms. The lowest BCUT2D eigenvalue weighted by atomic mass is 10.0. The Morgan fingerprint density at radius 3 is 2.32 bits per heavy atom. The minimum absolute atomic E-state index is 0.0202. The first kappa shape index (κ1) is 19.7. The fraction of sp³-hybridized carbons (Fsp3) is 0.231. The molecule has 0 aromatic heterocycles. The van der Waals surface area contributed by atoms with E-state index in [1.165, 1.54) is 0 Å². The van der Waals surface area contributed by atoms with E-state index in [-0.39, 0.29) is 17.7 Å². The number of carbonyl (C=O) groups is 2. The van der Waals surface area contributed by atoms with Gasteiger partial charge in [-0.15, -0.1) is 0 Å². The number of ether oxygens (including phenoxy) is 1. The molecule has 1 N–H and O–H groups in total. The quantitative estimate of drug-likeness (QED) is 0.543. The van der Waals surface area contributed by atoms with E-state index < -0.39 is 0 Å². The summed E-state index contributed by atoms with van der Waals surface area (Å²) in [4.78, 5) is 28.3. The van der Waals surface area contributed by atoms with Gasteiger partial charge in [-0.25, -0.2) is 0 Å². The van der Waals surface area contributed by atoms with Gasteiger partial charge in [-0.2, -0.15) is 0 Å². The molecule has 1 unspecified atom stereocenters. The Labute approximate surface area is 181 Å². The van der Waals surface area contributed by atoms with Gasteiger partial charge in [0.1, 0.15) is 0 Å². The third kappa shape index (κ3) is 3.90. The second-order valence-electron chi connectivity index (χ2n) is 7.98. The molecule has 0 spiro atoms. The standard InChI is InChI=1S/C26H24N2O3/c29-25-22-9-5-4-8-20(22)21-11-10-19(16-23(21)25)26(30)27-24(18-6-2-1-3-7-18)17-28-12-14-31-15-13-28/h1-11,16,24H,12-15,17H2,(H,27,30). The van der Waals surface area contributed by atoms with Crippen LogP contribution in [0.3, 0.4) is 0 Å². The molecule has 1 aliphatic carbocycles. The van der Waals surface area contributed by atoms with Gasteiger partial charge in [-0.3, -0.25) is 14.5 Å². The molecular weight excluding hydrogens is 388 g/mol. The maximum Gasteiger partial charge on any atom is 0.251 e. The van der Waals surface area contributed by atoms with E-state index in [1.54, 1.807) is 12.1 Å². The molecule has 1 atom stereocenters. The first-order chi connectivity index (χ1) is 15.2. The zero-order valence-electron chi connectivity index (χ0n) is 17.2. The molecule has 5 heteroatoms. The molecule has 1 heterocycles. The van der Waals surface area contributed by atoms with Crippen molar-refractivity contribution in [1.82, 2.24) is 10.2 Å². The summed E-state index contributed by atoms with van der Waals surface area (Å²) in [5.41, 5.74) is 4.69. The van der Waals surface area contributed by atoms with Crippen LogP contribution in [0.4, 0.5) is 0 Å². The lowest BCUT2D eigenvalue weighted by Crippen LogP contribution is -2.43. The topological polar surface area (TPSA) is 58.6 Å². The SMILES string of the molecule is O=C(NC(CN1CCOCC1)c1ccccc1)c1ccc2c(c1)C(=O)c1ccccc1-2. The van der Waals surface area contributed by atoms with Gasteiger partial charge in [0.25, 0.3) is 5.91 Å². The fourth-order valence-electron chi connectivity index (χ4n) is 4.37. The molecule has 3 aromatic carbocycles. The smallest absolute Gasteiger partial charge is 0.251 e. The zero-order chi connectivity index (χ0) is 21.2. The lowest BCUT2D eigenvalue weighted by Gasteiger charge is -2.31. The third-order valence-electron chi connectivity index (χ3n) is 6.04. The zero-order valence-corrected chi connectivity index (χ0v) is 17.2. The molecular formula is C26H24N2O3. The van der Waals surface area contributed by atoms with E-state index in [9.17, 15) is 9.59 Å². The van der Waals surface area contributed by atoms with Gasteiger partial charge in [0.2, 0.25) is 0 Å². The molecule has 156 valence electrons. The van der Waals surface area contributed by atoms with Gasteiger partial charge in [0, 0.05) is 36.3 Å². The molecule has 1 amide bonds. The Kier molecular flexibility index (Phi) is 5.37. The molecule has 0 bridgehead atoms.